The molecule has 90 valence electrons. The lowest BCUT2D eigenvalue weighted by Gasteiger charge is -2.31. The molecule has 0 saturated heterocycles. The summed E-state index contributed by atoms with van der Waals surface area (Å²) in [5, 5.41) is 9.16. The Morgan fingerprint density at radius 3 is 2.47 bits per heavy atom. The van der Waals surface area contributed by atoms with Gasteiger partial charge in [0, 0.05) is 0 Å². The average molecular weight is 214 g/mol. The van der Waals surface area contributed by atoms with E-state index >= 15 is 0 Å². The molecule has 0 aromatic rings. The molecule has 1 saturated carbocycles. The fourth-order valence-electron chi connectivity index (χ4n) is 2.53. The van der Waals surface area contributed by atoms with Crippen molar-refractivity contribution < 1.29 is 9.84 Å². The lowest BCUT2D eigenvalue weighted by molar-refractivity contribution is -0.110. The van der Waals surface area contributed by atoms with Crippen LogP contribution < -0.4 is 0 Å². The summed E-state index contributed by atoms with van der Waals surface area (Å²) in [7, 11) is 0. The van der Waals surface area contributed by atoms with Gasteiger partial charge in [0.05, 0.1) is 18.3 Å². The molecule has 15 heavy (non-hydrogen) atoms. The molecule has 0 heterocycles. The van der Waals surface area contributed by atoms with Crippen LogP contribution in [0.5, 0.6) is 0 Å². The zero-order valence-corrected chi connectivity index (χ0v) is 10.8. The quantitative estimate of drug-likeness (QED) is 0.779. The van der Waals surface area contributed by atoms with Crippen LogP contribution in [0.3, 0.4) is 0 Å². The van der Waals surface area contributed by atoms with E-state index in [2.05, 4.69) is 20.8 Å². The minimum absolute atomic E-state index is 0.0907. The maximum absolute atomic E-state index is 9.16. The highest BCUT2D eigenvalue weighted by molar-refractivity contribution is 4.86. The molecule has 0 radical (unpaired) electrons. The van der Waals surface area contributed by atoms with Crippen molar-refractivity contribution in [2.75, 3.05) is 6.61 Å². The highest BCUT2D eigenvalue weighted by atomic mass is 16.5. The van der Waals surface area contributed by atoms with Crippen LogP contribution in [0.25, 0.3) is 0 Å². The molecular weight excluding hydrogens is 188 g/mol. The van der Waals surface area contributed by atoms with E-state index < -0.39 is 5.60 Å². The van der Waals surface area contributed by atoms with Gasteiger partial charge in [-0.3, -0.25) is 0 Å². The predicted molar refractivity (Wildman–Crippen MR) is 62.8 cm³/mol. The fourth-order valence-corrected chi connectivity index (χ4v) is 2.53. The number of hydrogen-bond acceptors (Lipinski definition) is 2. The monoisotopic (exact) mass is 214 g/mol. The molecule has 2 nitrogen and oxygen atoms in total. The Morgan fingerprint density at radius 1 is 1.47 bits per heavy atom. The standard InChI is InChI=1S/C13H26O2/c1-10(15-13(4,5)9-14)11-6-7-12(2,3)8-11/h10-11,14H,6-9H2,1-5H3. The minimum atomic E-state index is -0.397. The maximum Gasteiger partial charge on any atom is 0.0859 e. The predicted octanol–water partition coefficient (Wildman–Crippen LogP) is 2.99. The first-order valence-corrected chi connectivity index (χ1v) is 6.04. The Kier molecular flexibility index (Phi) is 3.83. The van der Waals surface area contributed by atoms with Gasteiger partial charge in [-0.05, 0) is 51.4 Å². The Hall–Kier alpha value is -0.0800. The minimum Gasteiger partial charge on any atom is -0.393 e. The summed E-state index contributed by atoms with van der Waals surface area (Å²) in [6, 6.07) is 0. The van der Waals surface area contributed by atoms with Gasteiger partial charge in [0.2, 0.25) is 0 Å². The third-order valence-electron chi connectivity index (χ3n) is 3.56. The second kappa shape index (κ2) is 4.42. The fraction of sp³-hybridized carbons (Fsp3) is 1.00. The first-order valence-electron chi connectivity index (χ1n) is 6.04. The zero-order chi connectivity index (χ0) is 11.7. The molecule has 1 aliphatic carbocycles. The molecule has 0 aromatic carbocycles. The van der Waals surface area contributed by atoms with Gasteiger partial charge in [0.1, 0.15) is 0 Å². The molecule has 1 fully saturated rings. The van der Waals surface area contributed by atoms with Crippen LogP contribution in [-0.2, 0) is 4.74 Å². The smallest absolute Gasteiger partial charge is 0.0859 e. The van der Waals surface area contributed by atoms with E-state index in [0.717, 1.165) is 0 Å². The summed E-state index contributed by atoms with van der Waals surface area (Å²) in [4.78, 5) is 0. The van der Waals surface area contributed by atoms with Crippen molar-refractivity contribution in [2.45, 2.75) is 65.6 Å². The summed E-state index contributed by atoms with van der Waals surface area (Å²) in [5.41, 5.74) is 0.0811. The summed E-state index contributed by atoms with van der Waals surface area (Å²) in [6.45, 7) is 10.8. The molecule has 0 amide bonds. The second-order valence-electron chi connectivity index (χ2n) is 6.41. The SMILES string of the molecule is CC(OC(C)(C)CO)C1CCC(C)(C)C1. The first kappa shape index (κ1) is 13.0. The van der Waals surface area contributed by atoms with E-state index in [1.165, 1.54) is 19.3 Å². The van der Waals surface area contributed by atoms with E-state index in [0.29, 0.717) is 11.3 Å². The number of hydrogen-bond donors (Lipinski definition) is 1. The van der Waals surface area contributed by atoms with E-state index in [9.17, 15) is 0 Å². The Labute approximate surface area is 94.0 Å². The summed E-state index contributed by atoms with van der Waals surface area (Å²) >= 11 is 0. The largest absolute Gasteiger partial charge is 0.393 e. The average Bonchev–Trinajstić information content (AvgIpc) is 2.45. The molecule has 2 atom stereocenters. The van der Waals surface area contributed by atoms with E-state index in [-0.39, 0.29) is 12.7 Å². The molecule has 2 heteroatoms. The van der Waals surface area contributed by atoms with Crippen LogP contribution in [0.15, 0.2) is 0 Å². The van der Waals surface area contributed by atoms with Gasteiger partial charge < -0.3 is 9.84 Å². The molecule has 1 N–H and O–H groups in total. The molecule has 1 rings (SSSR count). The van der Waals surface area contributed by atoms with Crippen LogP contribution in [0.4, 0.5) is 0 Å². The number of aliphatic hydroxyl groups is 1. The number of ether oxygens (including phenoxy) is 1. The lowest BCUT2D eigenvalue weighted by Crippen LogP contribution is -2.35. The molecule has 0 spiro atoms. The highest BCUT2D eigenvalue weighted by Crippen LogP contribution is 2.43. The molecule has 0 aliphatic heterocycles. The van der Waals surface area contributed by atoms with Crippen LogP contribution >= 0.6 is 0 Å². The molecule has 1 aliphatic rings. The van der Waals surface area contributed by atoms with Crippen molar-refractivity contribution in [1.29, 1.82) is 0 Å². The van der Waals surface area contributed by atoms with Crippen molar-refractivity contribution in [3.63, 3.8) is 0 Å². The second-order valence-corrected chi connectivity index (χ2v) is 6.41. The first-order chi connectivity index (χ1) is 6.76. The topological polar surface area (TPSA) is 29.5 Å². The van der Waals surface area contributed by atoms with Crippen molar-refractivity contribution >= 4 is 0 Å². The van der Waals surface area contributed by atoms with Crippen LogP contribution in [0.2, 0.25) is 0 Å². The Morgan fingerprint density at radius 2 is 2.07 bits per heavy atom. The Bertz CT molecular complexity index is 209. The molecule has 0 bridgehead atoms. The molecule has 2 unspecified atom stereocenters. The van der Waals surface area contributed by atoms with Crippen molar-refractivity contribution in [2.24, 2.45) is 11.3 Å². The van der Waals surface area contributed by atoms with Crippen LogP contribution in [0, 0.1) is 11.3 Å². The van der Waals surface area contributed by atoms with Gasteiger partial charge in [0.15, 0.2) is 0 Å². The summed E-state index contributed by atoms with van der Waals surface area (Å²) < 4.78 is 5.91. The van der Waals surface area contributed by atoms with Gasteiger partial charge in [-0.15, -0.1) is 0 Å². The number of rotatable bonds is 4. The van der Waals surface area contributed by atoms with Crippen molar-refractivity contribution in [3.05, 3.63) is 0 Å². The molecule has 0 aromatic heterocycles. The van der Waals surface area contributed by atoms with Crippen molar-refractivity contribution in [3.8, 4) is 0 Å². The lowest BCUT2D eigenvalue weighted by atomic mass is 9.89. The normalized spacial score (nSPS) is 28.0. The van der Waals surface area contributed by atoms with Gasteiger partial charge in [-0.2, -0.15) is 0 Å². The van der Waals surface area contributed by atoms with Gasteiger partial charge in [-0.1, -0.05) is 13.8 Å². The van der Waals surface area contributed by atoms with E-state index in [4.69, 9.17) is 9.84 Å². The van der Waals surface area contributed by atoms with Crippen molar-refractivity contribution in [1.82, 2.24) is 0 Å². The van der Waals surface area contributed by atoms with E-state index in [1.807, 2.05) is 13.8 Å². The van der Waals surface area contributed by atoms with Gasteiger partial charge >= 0.3 is 0 Å². The van der Waals surface area contributed by atoms with Gasteiger partial charge in [0.25, 0.3) is 0 Å². The third kappa shape index (κ3) is 3.76. The van der Waals surface area contributed by atoms with E-state index in [1.54, 1.807) is 0 Å². The zero-order valence-electron chi connectivity index (χ0n) is 10.8. The molecular formula is C13H26O2. The van der Waals surface area contributed by atoms with Crippen LogP contribution in [0.1, 0.15) is 53.9 Å². The van der Waals surface area contributed by atoms with Gasteiger partial charge in [-0.25, -0.2) is 0 Å². The highest BCUT2D eigenvalue weighted by Gasteiger charge is 2.36. The summed E-state index contributed by atoms with van der Waals surface area (Å²) in [6.07, 6.45) is 4.06. The van der Waals surface area contributed by atoms with Crippen LogP contribution in [-0.4, -0.2) is 23.4 Å². The third-order valence-corrected chi connectivity index (χ3v) is 3.56. The number of aliphatic hydroxyl groups excluding tert-OH is 1. The maximum atomic E-state index is 9.16. The Balaban J connectivity index is 2.45. The summed E-state index contributed by atoms with van der Waals surface area (Å²) in [5.74, 6) is 0.658.